The first-order chi connectivity index (χ1) is 12.7. The fourth-order valence-electron chi connectivity index (χ4n) is 3.55. The lowest BCUT2D eigenvalue weighted by atomic mass is 10.1. The van der Waals surface area contributed by atoms with E-state index in [-0.39, 0.29) is 18.5 Å². The van der Waals surface area contributed by atoms with Crippen LogP contribution in [0.5, 0.6) is 0 Å². The Labute approximate surface area is 159 Å². The molecular weight excluding hydrogens is 351 g/mol. The molecule has 1 aromatic rings. The number of methoxy groups -OCH3 is 1. The summed E-state index contributed by atoms with van der Waals surface area (Å²) >= 11 is 0. The minimum absolute atomic E-state index is 0.0171. The van der Waals surface area contributed by atoms with E-state index in [9.17, 15) is 14.0 Å². The number of carbonyl (C=O) groups is 2. The number of rotatable bonds is 4. The van der Waals surface area contributed by atoms with E-state index in [1.807, 2.05) is 30.3 Å². The third-order valence-electron chi connectivity index (χ3n) is 4.89. The summed E-state index contributed by atoms with van der Waals surface area (Å²) in [4.78, 5) is 26.5. The van der Waals surface area contributed by atoms with Gasteiger partial charge < -0.3 is 14.8 Å². The largest absolute Gasteiger partial charge is 0.444 e. The Morgan fingerprint density at radius 3 is 2.48 bits per heavy atom. The van der Waals surface area contributed by atoms with E-state index in [1.165, 1.54) is 7.11 Å². The maximum Gasteiger partial charge on any atom is 0.411 e. The first-order valence-electron chi connectivity index (χ1n) is 9.23. The number of nitrogens with one attached hydrogen (secondary N) is 1. The van der Waals surface area contributed by atoms with Crippen LogP contribution in [0.2, 0.25) is 0 Å². The van der Waals surface area contributed by atoms with Crippen LogP contribution in [-0.2, 0) is 14.3 Å². The molecule has 1 aliphatic carbocycles. The summed E-state index contributed by atoms with van der Waals surface area (Å²) in [5.74, 6) is -0.162. The number of amides is 2. The van der Waals surface area contributed by atoms with Crippen molar-refractivity contribution in [3.8, 4) is 0 Å². The maximum absolute atomic E-state index is 14.4. The molecule has 27 heavy (non-hydrogen) atoms. The van der Waals surface area contributed by atoms with Crippen molar-refractivity contribution in [3.05, 3.63) is 35.9 Å². The molecule has 1 aliphatic heterocycles. The molecule has 2 unspecified atom stereocenters. The molecule has 0 spiro atoms. The number of benzene rings is 1. The Morgan fingerprint density at radius 1 is 1.22 bits per heavy atom. The highest BCUT2D eigenvalue weighted by molar-refractivity contribution is 5.88. The first-order valence-corrected chi connectivity index (χ1v) is 9.23. The van der Waals surface area contributed by atoms with Crippen molar-refractivity contribution in [2.45, 2.75) is 63.1 Å². The number of nitrogens with zero attached hydrogens (tertiary/aromatic N) is 1. The number of hydrogen-bond acceptors (Lipinski definition) is 4. The molecule has 2 amide bonds. The van der Waals surface area contributed by atoms with E-state index in [0.717, 1.165) is 16.9 Å². The molecule has 1 saturated heterocycles. The zero-order valence-electron chi connectivity index (χ0n) is 16.1. The summed E-state index contributed by atoms with van der Waals surface area (Å²) in [5, 5.41) is 2.94. The van der Waals surface area contributed by atoms with Crippen LogP contribution < -0.4 is 5.32 Å². The summed E-state index contributed by atoms with van der Waals surface area (Å²) < 4.78 is 24.9. The highest BCUT2D eigenvalue weighted by atomic mass is 19.1. The quantitative estimate of drug-likeness (QED) is 0.875. The van der Waals surface area contributed by atoms with Gasteiger partial charge in [0.15, 0.2) is 0 Å². The zero-order chi connectivity index (χ0) is 19.8. The highest BCUT2D eigenvalue weighted by Crippen LogP contribution is 2.41. The molecule has 6 nitrogen and oxygen atoms in total. The molecule has 1 N–H and O–H groups in total. The van der Waals surface area contributed by atoms with Crippen LogP contribution >= 0.6 is 0 Å². The number of carbonyl (C=O) groups excluding carboxylic acids is 2. The average molecular weight is 378 g/mol. The molecule has 0 radical (unpaired) electrons. The maximum atomic E-state index is 14.4. The van der Waals surface area contributed by atoms with Crippen LogP contribution in [0.3, 0.4) is 0 Å². The zero-order valence-corrected chi connectivity index (χ0v) is 16.1. The van der Waals surface area contributed by atoms with Gasteiger partial charge in [-0.05, 0) is 32.8 Å². The van der Waals surface area contributed by atoms with Crippen molar-refractivity contribution >= 4 is 12.0 Å². The number of hydrogen-bond donors (Lipinski definition) is 1. The van der Waals surface area contributed by atoms with Gasteiger partial charge in [0.25, 0.3) is 0 Å². The van der Waals surface area contributed by atoms with Crippen molar-refractivity contribution in [2.24, 2.45) is 0 Å². The summed E-state index contributed by atoms with van der Waals surface area (Å²) in [7, 11) is 1.35. The first kappa shape index (κ1) is 19.6. The molecule has 1 aromatic carbocycles. The molecular formula is C20H27FN2O4. The predicted octanol–water partition coefficient (Wildman–Crippen LogP) is 2.63. The van der Waals surface area contributed by atoms with Crippen molar-refractivity contribution in [1.82, 2.24) is 10.2 Å². The summed E-state index contributed by atoms with van der Waals surface area (Å²) in [6, 6.07) is 8.85. The molecule has 0 bridgehead atoms. The van der Waals surface area contributed by atoms with Crippen LogP contribution in [0.1, 0.15) is 38.7 Å². The van der Waals surface area contributed by atoms with E-state index in [0.29, 0.717) is 0 Å². The van der Waals surface area contributed by atoms with Gasteiger partial charge in [0.05, 0.1) is 6.54 Å². The lowest BCUT2D eigenvalue weighted by molar-refractivity contribution is -0.129. The standard InChI is InChI=1S/C20H27FN2O4/c1-20(2,3)27-19(25)23-11-14(21)17(26-4)16(23)18(24)22-15-10-13(15)12-8-6-5-7-9-12/h5-9,13-17H,10-11H2,1-4H3,(H,22,24)/t13?,14-,15?,16-,17+/m0/s1. The highest BCUT2D eigenvalue weighted by Gasteiger charge is 2.51. The number of alkyl halides is 1. The second-order valence-electron chi connectivity index (χ2n) is 8.16. The van der Waals surface area contributed by atoms with Crippen molar-refractivity contribution in [1.29, 1.82) is 0 Å². The normalized spacial score (nSPS) is 30.1. The Kier molecular flexibility index (Phi) is 5.42. The van der Waals surface area contributed by atoms with Gasteiger partial charge in [0.2, 0.25) is 5.91 Å². The van der Waals surface area contributed by atoms with Crippen LogP contribution in [-0.4, -0.2) is 60.5 Å². The Balaban J connectivity index is 1.69. The minimum atomic E-state index is -1.44. The lowest BCUT2D eigenvalue weighted by Gasteiger charge is -2.29. The molecule has 148 valence electrons. The third-order valence-corrected chi connectivity index (χ3v) is 4.89. The summed E-state index contributed by atoms with van der Waals surface area (Å²) in [6.07, 6.45) is -2.33. The van der Waals surface area contributed by atoms with E-state index in [1.54, 1.807) is 20.8 Å². The van der Waals surface area contributed by atoms with E-state index in [4.69, 9.17) is 9.47 Å². The summed E-state index contributed by atoms with van der Waals surface area (Å²) in [5.41, 5.74) is 0.425. The van der Waals surface area contributed by atoms with Crippen LogP contribution in [0.25, 0.3) is 0 Å². The summed E-state index contributed by atoms with van der Waals surface area (Å²) in [6.45, 7) is 4.96. The molecule has 1 heterocycles. The van der Waals surface area contributed by atoms with Gasteiger partial charge in [-0.2, -0.15) is 0 Å². The van der Waals surface area contributed by atoms with Gasteiger partial charge in [-0.1, -0.05) is 30.3 Å². The van der Waals surface area contributed by atoms with Crippen LogP contribution in [0.15, 0.2) is 30.3 Å². The number of likely N-dealkylation sites (tertiary alicyclic amines) is 1. The van der Waals surface area contributed by atoms with Crippen LogP contribution in [0, 0.1) is 0 Å². The lowest BCUT2D eigenvalue weighted by Crippen LogP contribution is -2.52. The minimum Gasteiger partial charge on any atom is -0.444 e. The van der Waals surface area contributed by atoms with Crippen molar-refractivity contribution < 1.29 is 23.5 Å². The van der Waals surface area contributed by atoms with Crippen molar-refractivity contribution in [3.63, 3.8) is 0 Å². The SMILES string of the molecule is CO[C@H]1[C@@H](C(=O)NC2CC2c2ccccc2)N(C(=O)OC(C)(C)C)C[C@@H]1F. The van der Waals surface area contributed by atoms with E-state index in [2.05, 4.69) is 5.32 Å². The van der Waals surface area contributed by atoms with E-state index >= 15 is 0 Å². The van der Waals surface area contributed by atoms with Gasteiger partial charge in [-0.15, -0.1) is 0 Å². The Morgan fingerprint density at radius 2 is 1.89 bits per heavy atom. The molecule has 2 fully saturated rings. The van der Waals surface area contributed by atoms with Gasteiger partial charge in [0, 0.05) is 19.1 Å². The third kappa shape index (κ3) is 4.40. The molecule has 1 saturated carbocycles. The smallest absolute Gasteiger partial charge is 0.411 e. The number of halogens is 1. The Bertz CT molecular complexity index is 691. The fourth-order valence-corrected chi connectivity index (χ4v) is 3.55. The number of ether oxygens (including phenoxy) is 2. The molecule has 0 aromatic heterocycles. The van der Waals surface area contributed by atoms with Gasteiger partial charge in [0.1, 0.15) is 23.9 Å². The van der Waals surface area contributed by atoms with Gasteiger partial charge >= 0.3 is 6.09 Å². The molecule has 3 rings (SSSR count). The molecule has 2 aliphatic rings. The molecule has 5 atom stereocenters. The predicted molar refractivity (Wildman–Crippen MR) is 98.2 cm³/mol. The van der Waals surface area contributed by atoms with E-state index < -0.39 is 35.9 Å². The second-order valence-corrected chi connectivity index (χ2v) is 8.16. The van der Waals surface area contributed by atoms with Gasteiger partial charge in [-0.25, -0.2) is 9.18 Å². The second kappa shape index (κ2) is 7.46. The van der Waals surface area contributed by atoms with Gasteiger partial charge in [-0.3, -0.25) is 9.69 Å². The van der Waals surface area contributed by atoms with Crippen LogP contribution in [0.4, 0.5) is 9.18 Å². The van der Waals surface area contributed by atoms with Crippen molar-refractivity contribution in [2.75, 3.05) is 13.7 Å². The fraction of sp³-hybridized carbons (Fsp3) is 0.600. The monoisotopic (exact) mass is 378 g/mol. The Hall–Kier alpha value is -2.15. The topological polar surface area (TPSA) is 67.9 Å². The average Bonchev–Trinajstić information content (AvgIpc) is 3.27. The molecule has 7 heteroatoms.